The number of aromatic nitrogens is 3. The molecule has 0 aliphatic heterocycles. The van der Waals surface area contributed by atoms with Crippen LogP contribution in [0.5, 0.6) is 0 Å². The van der Waals surface area contributed by atoms with Crippen LogP contribution < -0.4 is 0 Å². The van der Waals surface area contributed by atoms with E-state index >= 15 is 0 Å². The lowest BCUT2D eigenvalue weighted by atomic mass is 10.0. The summed E-state index contributed by atoms with van der Waals surface area (Å²) in [6.45, 7) is 0. The van der Waals surface area contributed by atoms with Crippen molar-refractivity contribution in [3.05, 3.63) is 176 Å². The molecule has 0 N–H and O–H groups in total. The number of hydrogen-bond acceptors (Lipinski definition) is 4. The number of fused-ring (bicyclic) bond motifs is 3. The molecule has 0 saturated heterocycles. The first-order chi connectivity index (χ1) is 24.3. The molecule has 4 heteroatoms. The fourth-order valence-corrected chi connectivity index (χ4v) is 6.45. The summed E-state index contributed by atoms with van der Waals surface area (Å²) >= 11 is 0. The summed E-state index contributed by atoms with van der Waals surface area (Å²) in [5.74, 6) is 1.87. The zero-order valence-electron chi connectivity index (χ0n) is 26.5. The average molecular weight is 628 g/mol. The second-order valence-electron chi connectivity index (χ2n) is 12.1. The van der Waals surface area contributed by atoms with Crippen molar-refractivity contribution in [2.24, 2.45) is 0 Å². The van der Waals surface area contributed by atoms with Gasteiger partial charge in [0, 0.05) is 33.0 Å². The third kappa shape index (κ3) is 5.45. The smallest absolute Gasteiger partial charge is 0.164 e. The molecule has 0 saturated carbocycles. The van der Waals surface area contributed by atoms with E-state index in [0.29, 0.717) is 17.5 Å². The molecule has 0 aliphatic carbocycles. The van der Waals surface area contributed by atoms with Gasteiger partial charge < -0.3 is 4.42 Å². The number of rotatable bonds is 6. The third-order valence-electron chi connectivity index (χ3n) is 8.97. The Hall–Kier alpha value is -6.65. The molecule has 9 rings (SSSR count). The summed E-state index contributed by atoms with van der Waals surface area (Å²) in [7, 11) is 0. The summed E-state index contributed by atoms with van der Waals surface area (Å²) in [6, 6.07) is 60.4. The van der Waals surface area contributed by atoms with Gasteiger partial charge in [0.2, 0.25) is 0 Å². The van der Waals surface area contributed by atoms with Crippen LogP contribution in [-0.2, 0) is 0 Å². The molecule has 0 radical (unpaired) electrons. The first kappa shape index (κ1) is 28.6. The monoisotopic (exact) mass is 627 g/mol. The Morgan fingerprint density at radius 1 is 0.306 bits per heavy atom. The molecule has 0 unspecified atom stereocenters. The van der Waals surface area contributed by atoms with Crippen molar-refractivity contribution in [2.75, 3.05) is 0 Å². The lowest BCUT2D eigenvalue weighted by Gasteiger charge is -2.11. The molecular formula is C45H29N3O. The zero-order valence-corrected chi connectivity index (χ0v) is 26.5. The van der Waals surface area contributed by atoms with E-state index in [-0.39, 0.29) is 0 Å². The molecule has 0 atom stereocenters. The molecule has 2 aromatic heterocycles. The fourth-order valence-electron chi connectivity index (χ4n) is 6.45. The van der Waals surface area contributed by atoms with Gasteiger partial charge in [-0.2, -0.15) is 0 Å². The van der Waals surface area contributed by atoms with Crippen molar-refractivity contribution < 1.29 is 4.42 Å². The van der Waals surface area contributed by atoms with Crippen LogP contribution in [0, 0.1) is 0 Å². The van der Waals surface area contributed by atoms with E-state index in [1.165, 1.54) is 5.56 Å². The summed E-state index contributed by atoms with van der Waals surface area (Å²) in [4.78, 5) is 15.1. The molecule has 0 amide bonds. The molecular weight excluding hydrogens is 599 g/mol. The second kappa shape index (κ2) is 12.2. The first-order valence-electron chi connectivity index (χ1n) is 16.4. The third-order valence-corrected chi connectivity index (χ3v) is 8.97. The Kier molecular flexibility index (Phi) is 7.10. The highest BCUT2D eigenvalue weighted by atomic mass is 16.3. The summed E-state index contributed by atoms with van der Waals surface area (Å²) in [6.07, 6.45) is 0. The second-order valence-corrected chi connectivity index (χ2v) is 12.1. The van der Waals surface area contributed by atoms with Gasteiger partial charge in [0.05, 0.1) is 0 Å². The molecule has 0 bridgehead atoms. The molecule has 0 aliphatic rings. The molecule has 9 aromatic rings. The first-order valence-corrected chi connectivity index (χ1v) is 16.4. The van der Waals surface area contributed by atoms with Crippen LogP contribution in [0.3, 0.4) is 0 Å². The Morgan fingerprint density at radius 3 is 1.43 bits per heavy atom. The Bertz CT molecular complexity index is 2570. The Labute approximate surface area is 284 Å². The van der Waals surface area contributed by atoms with Crippen LogP contribution in [0.1, 0.15) is 0 Å². The van der Waals surface area contributed by atoms with Crippen molar-refractivity contribution >= 4 is 21.9 Å². The molecule has 230 valence electrons. The number of benzene rings is 7. The van der Waals surface area contributed by atoms with Crippen molar-refractivity contribution in [3.8, 4) is 67.5 Å². The Balaban J connectivity index is 1.14. The molecule has 0 fully saturated rings. The molecule has 49 heavy (non-hydrogen) atoms. The minimum absolute atomic E-state index is 0.616. The summed E-state index contributed by atoms with van der Waals surface area (Å²) in [5, 5.41) is 2.23. The van der Waals surface area contributed by atoms with Crippen LogP contribution >= 0.6 is 0 Å². The molecule has 4 nitrogen and oxygen atoms in total. The van der Waals surface area contributed by atoms with Gasteiger partial charge in [-0.25, -0.2) is 15.0 Å². The standard InChI is InChI=1S/C45H29N3O/c1-3-11-30(12-4-1)32-21-25-34(26-22-32)43-46-44(48-45(47-43)37-16-9-15-36(29-37)31-13-5-2-6-14-31)35-27-23-33(24-28-35)38-18-10-19-40-39-17-7-8-20-41(39)49-42(38)40/h1-29H. The van der Waals surface area contributed by atoms with Crippen LogP contribution in [0.15, 0.2) is 180 Å². The lowest BCUT2D eigenvalue weighted by molar-refractivity contribution is 0.670. The van der Waals surface area contributed by atoms with Gasteiger partial charge in [-0.05, 0) is 39.9 Å². The van der Waals surface area contributed by atoms with E-state index in [1.807, 2.05) is 30.3 Å². The van der Waals surface area contributed by atoms with Gasteiger partial charge in [-0.1, -0.05) is 164 Å². The van der Waals surface area contributed by atoms with E-state index in [2.05, 4.69) is 146 Å². The van der Waals surface area contributed by atoms with Crippen molar-refractivity contribution in [1.29, 1.82) is 0 Å². The molecule has 7 aromatic carbocycles. The summed E-state index contributed by atoms with van der Waals surface area (Å²) in [5.41, 5.74) is 11.2. The highest BCUT2D eigenvalue weighted by molar-refractivity contribution is 6.09. The largest absolute Gasteiger partial charge is 0.455 e. The fraction of sp³-hybridized carbons (Fsp3) is 0. The number of nitrogens with zero attached hydrogens (tertiary/aromatic N) is 3. The van der Waals surface area contributed by atoms with Crippen LogP contribution in [0.2, 0.25) is 0 Å². The van der Waals surface area contributed by atoms with Crippen LogP contribution in [0.25, 0.3) is 89.5 Å². The molecule has 0 spiro atoms. The maximum absolute atomic E-state index is 6.33. The predicted molar refractivity (Wildman–Crippen MR) is 200 cm³/mol. The summed E-state index contributed by atoms with van der Waals surface area (Å²) < 4.78 is 6.33. The maximum atomic E-state index is 6.33. The highest BCUT2D eigenvalue weighted by Gasteiger charge is 2.15. The van der Waals surface area contributed by atoms with Gasteiger partial charge in [0.25, 0.3) is 0 Å². The quantitative estimate of drug-likeness (QED) is 0.184. The zero-order chi connectivity index (χ0) is 32.6. The Morgan fingerprint density at radius 2 is 0.755 bits per heavy atom. The van der Waals surface area contributed by atoms with Gasteiger partial charge in [-0.3, -0.25) is 0 Å². The van der Waals surface area contributed by atoms with Crippen molar-refractivity contribution in [1.82, 2.24) is 15.0 Å². The number of hydrogen-bond donors (Lipinski definition) is 0. The van der Waals surface area contributed by atoms with Gasteiger partial charge in [0.1, 0.15) is 11.2 Å². The topological polar surface area (TPSA) is 51.8 Å². The predicted octanol–water partition coefficient (Wildman–Crippen LogP) is 11.8. The number of para-hydroxylation sites is 2. The van der Waals surface area contributed by atoms with Crippen LogP contribution in [0.4, 0.5) is 0 Å². The average Bonchev–Trinajstić information content (AvgIpc) is 3.58. The maximum Gasteiger partial charge on any atom is 0.164 e. The van der Waals surface area contributed by atoms with Gasteiger partial charge in [0.15, 0.2) is 17.5 Å². The number of furan rings is 1. The van der Waals surface area contributed by atoms with E-state index < -0.39 is 0 Å². The highest BCUT2D eigenvalue weighted by Crippen LogP contribution is 2.36. The molecule has 2 heterocycles. The van der Waals surface area contributed by atoms with E-state index in [4.69, 9.17) is 19.4 Å². The van der Waals surface area contributed by atoms with Crippen molar-refractivity contribution in [3.63, 3.8) is 0 Å². The van der Waals surface area contributed by atoms with Gasteiger partial charge >= 0.3 is 0 Å². The van der Waals surface area contributed by atoms with E-state index in [0.717, 1.165) is 66.4 Å². The van der Waals surface area contributed by atoms with E-state index in [9.17, 15) is 0 Å². The van der Waals surface area contributed by atoms with Gasteiger partial charge in [-0.15, -0.1) is 0 Å². The minimum atomic E-state index is 0.616. The van der Waals surface area contributed by atoms with Crippen LogP contribution in [-0.4, -0.2) is 15.0 Å². The van der Waals surface area contributed by atoms with E-state index in [1.54, 1.807) is 0 Å². The minimum Gasteiger partial charge on any atom is -0.455 e. The normalized spacial score (nSPS) is 11.3. The van der Waals surface area contributed by atoms with Crippen molar-refractivity contribution in [2.45, 2.75) is 0 Å². The SMILES string of the molecule is c1ccc(-c2ccc(-c3nc(-c4ccc(-c5cccc6c5oc5ccccc56)cc4)nc(-c4cccc(-c5ccccc5)c4)n3)cc2)cc1. The lowest BCUT2D eigenvalue weighted by Crippen LogP contribution is -2.00.